The van der Waals surface area contributed by atoms with Gasteiger partial charge in [0.1, 0.15) is 0 Å². The van der Waals surface area contributed by atoms with Gasteiger partial charge in [-0.2, -0.15) is 0 Å². The first-order valence-corrected chi connectivity index (χ1v) is 7.37. The van der Waals surface area contributed by atoms with E-state index in [1.54, 1.807) is 0 Å². The summed E-state index contributed by atoms with van der Waals surface area (Å²) in [4.78, 5) is 14.5. The molecule has 2 rings (SSSR count). The molecule has 1 amide bonds. The van der Waals surface area contributed by atoms with Gasteiger partial charge in [-0.3, -0.25) is 4.79 Å². The van der Waals surface area contributed by atoms with Crippen molar-refractivity contribution in [2.75, 3.05) is 33.3 Å². The van der Waals surface area contributed by atoms with Gasteiger partial charge in [-0.1, -0.05) is 19.8 Å². The van der Waals surface area contributed by atoms with Gasteiger partial charge in [0.2, 0.25) is 5.91 Å². The van der Waals surface area contributed by atoms with Crippen molar-refractivity contribution in [1.82, 2.24) is 10.2 Å². The van der Waals surface area contributed by atoms with Crippen molar-refractivity contribution in [3.05, 3.63) is 0 Å². The van der Waals surface area contributed by atoms with Crippen molar-refractivity contribution in [2.45, 2.75) is 44.2 Å². The predicted molar refractivity (Wildman–Crippen MR) is 74.8 cm³/mol. The fourth-order valence-corrected chi connectivity index (χ4v) is 3.17. The third-order valence-corrected chi connectivity index (χ3v) is 4.32. The summed E-state index contributed by atoms with van der Waals surface area (Å²) in [5.41, 5.74) is 5.60. The Bertz CT molecular complexity index is 324. The van der Waals surface area contributed by atoms with Gasteiger partial charge in [-0.25, -0.2) is 0 Å². The molecule has 0 radical (unpaired) electrons. The lowest BCUT2D eigenvalue weighted by Crippen LogP contribution is -2.58. The first kappa shape index (κ1) is 14.8. The highest BCUT2D eigenvalue weighted by atomic mass is 16.5. The molecular weight excluding hydrogens is 242 g/mol. The Kier molecular flexibility index (Phi) is 4.81. The third kappa shape index (κ3) is 3.91. The van der Waals surface area contributed by atoms with E-state index in [0.29, 0.717) is 12.5 Å². The minimum absolute atomic E-state index is 0.00382. The molecule has 1 saturated carbocycles. The molecule has 1 heterocycles. The van der Waals surface area contributed by atoms with Crippen molar-refractivity contribution in [3.8, 4) is 0 Å². The van der Waals surface area contributed by atoms with E-state index in [1.807, 2.05) is 0 Å². The van der Waals surface area contributed by atoms with Crippen molar-refractivity contribution in [3.63, 3.8) is 0 Å². The number of rotatable bonds is 3. The molecule has 0 spiro atoms. The quantitative estimate of drug-likeness (QED) is 0.775. The molecule has 5 nitrogen and oxygen atoms in total. The number of hydrogen-bond donors (Lipinski definition) is 2. The van der Waals surface area contributed by atoms with Crippen molar-refractivity contribution in [2.24, 2.45) is 11.7 Å². The van der Waals surface area contributed by atoms with E-state index in [1.165, 1.54) is 6.42 Å². The molecule has 0 aromatic heterocycles. The second-order valence-corrected chi connectivity index (χ2v) is 6.32. The largest absolute Gasteiger partial charge is 0.374 e. The Morgan fingerprint density at radius 2 is 2.37 bits per heavy atom. The van der Waals surface area contributed by atoms with Crippen LogP contribution in [0.2, 0.25) is 0 Å². The van der Waals surface area contributed by atoms with Crippen LogP contribution in [0.15, 0.2) is 0 Å². The molecule has 2 aliphatic rings. The molecule has 1 aliphatic heterocycles. The van der Waals surface area contributed by atoms with E-state index < -0.39 is 5.54 Å². The molecule has 0 bridgehead atoms. The highest BCUT2D eigenvalue weighted by Gasteiger charge is 2.38. The molecule has 3 N–H and O–H groups in total. The zero-order valence-corrected chi connectivity index (χ0v) is 12.2. The Morgan fingerprint density at radius 3 is 3.05 bits per heavy atom. The van der Waals surface area contributed by atoms with E-state index in [9.17, 15) is 4.79 Å². The summed E-state index contributed by atoms with van der Waals surface area (Å²) in [7, 11) is 2.07. The summed E-state index contributed by atoms with van der Waals surface area (Å²) in [6.45, 7) is 5.31. The van der Waals surface area contributed by atoms with Gasteiger partial charge < -0.3 is 20.7 Å². The first-order chi connectivity index (χ1) is 8.99. The number of likely N-dealkylation sites (N-methyl/N-ethyl adjacent to an activating group) is 1. The lowest BCUT2D eigenvalue weighted by atomic mass is 9.76. The maximum Gasteiger partial charge on any atom is 0.240 e. The summed E-state index contributed by atoms with van der Waals surface area (Å²) in [5.74, 6) is 0.539. The van der Waals surface area contributed by atoms with Crippen LogP contribution in [0.3, 0.4) is 0 Å². The monoisotopic (exact) mass is 269 g/mol. The van der Waals surface area contributed by atoms with Gasteiger partial charge in [-0.05, 0) is 25.8 Å². The standard InChI is InChI=1S/C14H27N3O2/c1-11-4-3-5-14(15,8-11)13(18)16-9-12-10-17(2)6-7-19-12/h11-12H,3-10,15H2,1-2H3,(H,16,18). The average Bonchev–Trinajstić information content (AvgIpc) is 2.35. The number of ether oxygens (including phenoxy) is 1. The predicted octanol–water partition coefficient (Wildman–Crippen LogP) is 0.341. The van der Waals surface area contributed by atoms with Gasteiger partial charge in [0.15, 0.2) is 0 Å². The summed E-state index contributed by atoms with van der Waals surface area (Å²) >= 11 is 0. The maximum absolute atomic E-state index is 12.3. The van der Waals surface area contributed by atoms with Gasteiger partial charge in [0.25, 0.3) is 0 Å². The van der Waals surface area contributed by atoms with E-state index in [0.717, 1.165) is 39.0 Å². The van der Waals surface area contributed by atoms with Crippen molar-refractivity contribution < 1.29 is 9.53 Å². The molecule has 0 aromatic carbocycles. The van der Waals surface area contributed by atoms with E-state index in [-0.39, 0.29) is 12.0 Å². The number of carbonyl (C=O) groups is 1. The molecule has 1 saturated heterocycles. The molecule has 5 heteroatoms. The number of nitrogens with one attached hydrogen (secondary N) is 1. The summed E-state index contributed by atoms with van der Waals surface area (Å²) in [5, 5.41) is 2.99. The summed E-state index contributed by atoms with van der Waals surface area (Å²) < 4.78 is 5.64. The van der Waals surface area contributed by atoms with E-state index >= 15 is 0 Å². The smallest absolute Gasteiger partial charge is 0.240 e. The van der Waals surface area contributed by atoms with Crippen LogP contribution in [0.25, 0.3) is 0 Å². The van der Waals surface area contributed by atoms with Crippen LogP contribution in [-0.4, -0.2) is 55.7 Å². The van der Waals surface area contributed by atoms with Gasteiger partial charge in [0.05, 0.1) is 18.2 Å². The van der Waals surface area contributed by atoms with Crippen LogP contribution in [0.1, 0.15) is 32.6 Å². The highest BCUT2D eigenvalue weighted by molar-refractivity contribution is 5.86. The molecule has 2 fully saturated rings. The van der Waals surface area contributed by atoms with Gasteiger partial charge in [-0.15, -0.1) is 0 Å². The molecule has 19 heavy (non-hydrogen) atoms. The lowest BCUT2D eigenvalue weighted by molar-refractivity contribution is -0.129. The molecule has 3 atom stereocenters. The second kappa shape index (κ2) is 6.20. The van der Waals surface area contributed by atoms with Gasteiger partial charge in [0, 0.05) is 19.6 Å². The topological polar surface area (TPSA) is 67.6 Å². The minimum Gasteiger partial charge on any atom is -0.374 e. The number of nitrogens with two attached hydrogens (primary N) is 1. The molecule has 0 aromatic rings. The number of nitrogens with zero attached hydrogens (tertiary/aromatic N) is 1. The lowest BCUT2D eigenvalue weighted by Gasteiger charge is -2.36. The minimum atomic E-state index is -0.668. The Labute approximate surface area is 115 Å². The van der Waals surface area contributed by atoms with Crippen molar-refractivity contribution >= 4 is 5.91 Å². The fraction of sp³-hybridized carbons (Fsp3) is 0.929. The first-order valence-electron chi connectivity index (χ1n) is 7.37. The Balaban J connectivity index is 1.80. The number of morpholine rings is 1. The maximum atomic E-state index is 12.3. The molecular formula is C14H27N3O2. The Morgan fingerprint density at radius 1 is 1.58 bits per heavy atom. The van der Waals surface area contributed by atoms with Crippen LogP contribution in [0.5, 0.6) is 0 Å². The van der Waals surface area contributed by atoms with Crippen LogP contribution in [-0.2, 0) is 9.53 Å². The number of amides is 1. The summed E-state index contributed by atoms with van der Waals surface area (Å²) in [6, 6.07) is 0. The molecule has 1 aliphatic carbocycles. The zero-order chi connectivity index (χ0) is 13.9. The highest BCUT2D eigenvalue weighted by Crippen LogP contribution is 2.30. The number of carbonyl (C=O) groups excluding carboxylic acids is 1. The van der Waals surface area contributed by atoms with Crippen LogP contribution < -0.4 is 11.1 Å². The average molecular weight is 269 g/mol. The summed E-state index contributed by atoms with van der Waals surface area (Å²) in [6.07, 6.45) is 3.92. The fourth-order valence-electron chi connectivity index (χ4n) is 3.17. The third-order valence-electron chi connectivity index (χ3n) is 4.32. The Hall–Kier alpha value is -0.650. The zero-order valence-electron chi connectivity index (χ0n) is 12.2. The molecule has 3 unspecified atom stereocenters. The SMILES string of the molecule is CC1CCCC(N)(C(=O)NCC2CN(C)CCO2)C1. The second-order valence-electron chi connectivity index (χ2n) is 6.32. The van der Waals surface area contributed by atoms with Gasteiger partial charge >= 0.3 is 0 Å². The van der Waals surface area contributed by atoms with Crippen LogP contribution in [0.4, 0.5) is 0 Å². The molecule has 110 valence electrons. The normalized spacial score (nSPS) is 37.0. The van der Waals surface area contributed by atoms with Crippen molar-refractivity contribution in [1.29, 1.82) is 0 Å². The number of hydrogen-bond acceptors (Lipinski definition) is 4. The van der Waals surface area contributed by atoms with Crippen LogP contribution >= 0.6 is 0 Å². The van der Waals surface area contributed by atoms with Crippen LogP contribution in [0, 0.1) is 5.92 Å². The van der Waals surface area contributed by atoms with E-state index in [2.05, 4.69) is 24.2 Å². The van der Waals surface area contributed by atoms with E-state index in [4.69, 9.17) is 10.5 Å².